The summed E-state index contributed by atoms with van der Waals surface area (Å²) in [5, 5.41) is 0. The molecule has 1 heterocycles. The Kier molecular flexibility index (Phi) is 3.57. The van der Waals surface area contributed by atoms with Gasteiger partial charge in [0.1, 0.15) is 10.7 Å². The highest BCUT2D eigenvalue weighted by Gasteiger charge is 2.31. The van der Waals surface area contributed by atoms with Crippen LogP contribution in [0.15, 0.2) is 12.3 Å². The minimum Gasteiger partial charge on any atom is -0.388 e. The second-order valence-corrected chi connectivity index (χ2v) is 5.32. The number of nitrogens with two attached hydrogens (primary N) is 1. The van der Waals surface area contributed by atoms with Gasteiger partial charge in [0.2, 0.25) is 5.95 Å². The third-order valence-electron chi connectivity index (χ3n) is 2.70. The molecule has 1 saturated carbocycles. The molecule has 0 saturated heterocycles. The molecular formula is C12H18N4S. The first-order valence-corrected chi connectivity index (χ1v) is 6.38. The van der Waals surface area contributed by atoms with Gasteiger partial charge in [-0.25, -0.2) is 9.97 Å². The van der Waals surface area contributed by atoms with Crippen LogP contribution in [0.25, 0.3) is 0 Å². The predicted octanol–water partition coefficient (Wildman–Crippen LogP) is 1.74. The Morgan fingerprint density at radius 3 is 2.82 bits per heavy atom. The summed E-state index contributed by atoms with van der Waals surface area (Å²) in [6, 6.07) is 2.35. The van der Waals surface area contributed by atoms with Crippen LogP contribution in [-0.4, -0.2) is 27.5 Å². The summed E-state index contributed by atoms with van der Waals surface area (Å²) < 4.78 is 0. The average Bonchev–Trinajstić information content (AvgIpc) is 3.09. The molecule has 0 aromatic carbocycles. The van der Waals surface area contributed by atoms with Crippen LogP contribution in [0.5, 0.6) is 0 Å². The second kappa shape index (κ2) is 4.96. The number of thiocarbonyl (C=S) groups is 1. The molecule has 4 nitrogen and oxygen atoms in total. The molecule has 1 aliphatic rings. The molecule has 2 N–H and O–H groups in total. The standard InChI is InChI=1S/C12H18N4S/c1-8(2)7-16(9-3-4-9)12-14-6-5-10(15-12)11(13)17/h5-6,8-9H,3-4,7H2,1-2H3,(H2,13,17). The Morgan fingerprint density at radius 1 is 1.59 bits per heavy atom. The zero-order valence-electron chi connectivity index (χ0n) is 10.3. The van der Waals surface area contributed by atoms with E-state index in [1.54, 1.807) is 12.3 Å². The summed E-state index contributed by atoms with van der Waals surface area (Å²) in [5.41, 5.74) is 6.25. The van der Waals surface area contributed by atoms with Crippen LogP contribution in [0.1, 0.15) is 32.4 Å². The summed E-state index contributed by atoms with van der Waals surface area (Å²) in [4.78, 5) is 11.4. The molecule has 0 amide bonds. The van der Waals surface area contributed by atoms with E-state index in [1.165, 1.54) is 12.8 Å². The van der Waals surface area contributed by atoms with Crippen LogP contribution >= 0.6 is 12.2 Å². The summed E-state index contributed by atoms with van der Waals surface area (Å²) in [7, 11) is 0. The number of hydrogen-bond acceptors (Lipinski definition) is 4. The molecule has 0 unspecified atom stereocenters. The van der Waals surface area contributed by atoms with E-state index in [0.717, 1.165) is 12.5 Å². The van der Waals surface area contributed by atoms with E-state index in [1.807, 2.05) is 0 Å². The minimum absolute atomic E-state index is 0.328. The smallest absolute Gasteiger partial charge is 0.226 e. The first-order valence-electron chi connectivity index (χ1n) is 5.97. The summed E-state index contributed by atoms with van der Waals surface area (Å²) in [5.74, 6) is 1.35. The lowest BCUT2D eigenvalue weighted by atomic mass is 10.2. The first kappa shape index (κ1) is 12.2. The van der Waals surface area contributed by atoms with Crippen LogP contribution in [0.2, 0.25) is 0 Å². The second-order valence-electron chi connectivity index (χ2n) is 4.88. The number of rotatable bonds is 5. The van der Waals surface area contributed by atoms with Crippen LogP contribution in [0.3, 0.4) is 0 Å². The molecule has 0 atom stereocenters. The van der Waals surface area contributed by atoms with Gasteiger partial charge >= 0.3 is 0 Å². The maximum atomic E-state index is 5.60. The lowest BCUT2D eigenvalue weighted by Gasteiger charge is -2.24. The molecule has 1 fully saturated rings. The molecule has 2 rings (SSSR count). The van der Waals surface area contributed by atoms with E-state index in [2.05, 4.69) is 28.7 Å². The van der Waals surface area contributed by atoms with Crippen molar-refractivity contribution in [2.75, 3.05) is 11.4 Å². The van der Waals surface area contributed by atoms with E-state index in [4.69, 9.17) is 18.0 Å². The van der Waals surface area contributed by atoms with Gasteiger partial charge in [0.25, 0.3) is 0 Å². The van der Waals surface area contributed by atoms with Gasteiger partial charge in [-0.2, -0.15) is 0 Å². The topological polar surface area (TPSA) is 55.0 Å². The minimum atomic E-state index is 0.328. The molecule has 0 aliphatic heterocycles. The highest BCUT2D eigenvalue weighted by atomic mass is 32.1. The van der Waals surface area contributed by atoms with Gasteiger partial charge in [0.15, 0.2) is 0 Å². The van der Waals surface area contributed by atoms with Crippen LogP contribution < -0.4 is 10.6 Å². The Labute approximate surface area is 107 Å². The van der Waals surface area contributed by atoms with E-state index >= 15 is 0 Å². The van der Waals surface area contributed by atoms with Gasteiger partial charge in [0, 0.05) is 18.8 Å². The molecule has 0 spiro atoms. The Bertz CT molecular complexity index is 415. The normalized spacial score (nSPS) is 15.0. The van der Waals surface area contributed by atoms with E-state index in [-0.39, 0.29) is 0 Å². The van der Waals surface area contributed by atoms with Crippen molar-refractivity contribution < 1.29 is 0 Å². The van der Waals surface area contributed by atoms with E-state index in [9.17, 15) is 0 Å². The average molecular weight is 250 g/mol. The zero-order valence-corrected chi connectivity index (χ0v) is 11.1. The molecular weight excluding hydrogens is 232 g/mol. The lowest BCUT2D eigenvalue weighted by Crippen LogP contribution is -2.32. The third-order valence-corrected chi connectivity index (χ3v) is 2.91. The van der Waals surface area contributed by atoms with Crippen molar-refractivity contribution >= 4 is 23.2 Å². The fourth-order valence-electron chi connectivity index (χ4n) is 1.80. The Hall–Kier alpha value is -1.23. The summed E-state index contributed by atoms with van der Waals surface area (Å²) in [6.07, 6.45) is 4.19. The largest absolute Gasteiger partial charge is 0.388 e. The van der Waals surface area contributed by atoms with Crippen molar-refractivity contribution in [3.05, 3.63) is 18.0 Å². The van der Waals surface area contributed by atoms with Gasteiger partial charge in [-0.3, -0.25) is 0 Å². The zero-order chi connectivity index (χ0) is 12.4. The quantitative estimate of drug-likeness (QED) is 0.807. The van der Waals surface area contributed by atoms with Gasteiger partial charge in [-0.1, -0.05) is 26.1 Å². The van der Waals surface area contributed by atoms with Crippen molar-refractivity contribution in [1.82, 2.24) is 9.97 Å². The van der Waals surface area contributed by atoms with Crippen molar-refractivity contribution in [2.45, 2.75) is 32.7 Å². The highest BCUT2D eigenvalue weighted by Crippen LogP contribution is 2.30. The molecule has 5 heteroatoms. The molecule has 92 valence electrons. The molecule has 1 aromatic heterocycles. The SMILES string of the molecule is CC(C)CN(c1nccc(C(N)=S)n1)C1CC1. The van der Waals surface area contributed by atoms with Crippen LogP contribution in [-0.2, 0) is 0 Å². The molecule has 17 heavy (non-hydrogen) atoms. The Balaban J connectivity index is 2.22. The molecule has 0 bridgehead atoms. The third kappa shape index (κ3) is 3.12. The number of hydrogen-bond donors (Lipinski definition) is 1. The lowest BCUT2D eigenvalue weighted by molar-refractivity contribution is 0.597. The molecule has 0 radical (unpaired) electrons. The van der Waals surface area contributed by atoms with Gasteiger partial charge in [-0.05, 0) is 24.8 Å². The van der Waals surface area contributed by atoms with Crippen LogP contribution in [0.4, 0.5) is 5.95 Å². The maximum Gasteiger partial charge on any atom is 0.226 e. The molecule has 1 aliphatic carbocycles. The molecule has 1 aromatic rings. The van der Waals surface area contributed by atoms with Crippen molar-refractivity contribution in [2.24, 2.45) is 11.7 Å². The highest BCUT2D eigenvalue weighted by molar-refractivity contribution is 7.80. The fraction of sp³-hybridized carbons (Fsp3) is 0.583. The van der Waals surface area contributed by atoms with Crippen LogP contribution in [0, 0.1) is 5.92 Å². The van der Waals surface area contributed by atoms with Crippen molar-refractivity contribution in [3.63, 3.8) is 0 Å². The van der Waals surface area contributed by atoms with Crippen molar-refractivity contribution in [1.29, 1.82) is 0 Å². The Morgan fingerprint density at radius 2 is 2.29 bits per heavy atom. The summed E-state index contributed by atoms with van der Waals surface area (Å²) >= 11 is 4.95. The van der Waals surface area contributed by atoms with Gasteiger partial charge < -0.3 is 10.6 Å². The van der Waals surface area contributed by atoms with Gasteiger partial charge in [0.05, 0.1) is 0 Å². The number of aromatic nitrogens is 2. The van der Waals surface area contributed by atoms with Crippen molar-refractivity contribution in [3.8, 4) is 0 Å². The fourth-order valence-corrected chi connectivity index (χ4v) is 1.91. The summed E-state index contributed by atoms with van der Waals surface area (Å²) in [6.45, 7) is 5.38. The first-order chi connectivity index (χ1) is 8.08. The van der Waals surface area contributed by atoms with E-state index in [0.29, 0.717) is 22.6 Å². The van der Waals surface area contributed by atoms with Gasteiger partial charge in [-0.15, -0.1) is 0 Å². The maximum absolute atomic E-state index is 5.60. The monoisotopic (exact) mass is 250 g/mol. The van der Waals surface area contributed by atoms with E-state index < -0.39 is 0 Å². The predicted molar refractivity (Wildman–Crippen MR) is 73.1 cm³/mol. The number of anilines is 1. The number of nitrogens with zero attached hydrogens (tertiary/aromatic N) is 3.